The summed E-state index contributed by atoms with van der Waals surface area (Å²) in [5.74, 6) is 0.911. The van der Waals surface area contributed by atoms with Gasteiger partial charge in [0.2, 0.25) is 0 Å². The molecule has 0 bridgehead atoms. The monoisotopic (exact) mass is 514 g/mol. The Balaban J connectivity index is 1.35. The number of benzene rings is 1. The molecular weight excluding hydrogens is 480 g/mol. The predicted octanol–water partition coefficient (Wildman–Crippen LogP) is 3.12. The molecule has 0 unspecified atom stereocenters. The van der Waals surface area contributed by atoms with E-state index in [9.17, 15) is 4.79 Å². The van der Waals surface area contributed by atoms with E-state index in [2.05, 4.69) is 58.7 Å². The number of morpholine rings is 1. The highest BCUT2D eigenvalue weighted by Gasteiger charge is 2.27. The largest absolute Gasteiger partial charge is 0.378 e. The molecule has 4 aromatic rings. The van der Waals surface area contributed by atoms with Crippen LogP contribution in [-0.2, 0) is 4.74 Å². The number of aromatic nitrogens is 5. The van der Waals surface area contributed by atoms with E-state index in [4.69, 9.17) is 14.8 Å². The van der Waals surface area contributed by atoms with Crippen LogP contribution in [0.5, 0.6) is 0 Å². The molecule has 6 rings (SSSR count). The molecule has 2 fully saturated rings. The van der Waals surface area contributed by atoms with E-state index in [1.165, 1.54) is 5.56 Å². The number of aryl methyl sites for hydroxylation is 1. The highest BCUT2D eigenvalue weighted by Crippen LogP contribution is 2.29. The number of hydrogen-bond acceptors (Lipinski definition) is 7. The van der Waals surface area contributed by atoms with Gasteiger partial charge in [-0.3, -0.25) is 9.69 Å². The normalized spacial score (nSPS) is 17.1. The van der Waals surface area contributed by atoms with Gasteiger partial charge < -0.3 is 19.5 Å². The molecule has 2 aliphatic heterocycles. The van der Waals surface area contributed by atoms with Gasteiger partial charge >= 0.3 is 0 Å². The third-order valence-corrected chi connectivity index (χ3v) is 7.45. The van der Waals surface area contributed by atoms with Crippen molar-refractivity contribution in [2.45, 2.75) is 26.8 Å². The first kappa shape index (κ1) is 24.6. The molecular formula is C28H34N8O2. The molecule has 0 saturated carbocycles. The lowest BCUT2D eigenvalue weighted by Gasteiger charge is -2.36. The summed E-state index contributed by atoms with van der Waals surface area (Å²) >= 11 is 0. The summed E-state index contributed by atoms with van der Waals surface area (Å²) < 4.78 is 7.37. The number of anilines is 1. The number of carbonyl (C=O) groups excluding carboxylic acids is 1. The molecule has 0 atom stereocenters. The Bertz CT molecular complexity index is 1440. The van der Waals surface area contributed by atoms with Crippen LogP contribution in [0.25, 0.3) is 28.2 Å². The van der Waals surface area contributed by atoms with Gasteiger partial charge in [-0.2, -0.15) is 5.10 Å². The van der Waals surface area contributed by atoms with Crippen molar-refractivity contribution in [3.8, 4) is 17.1 Å². The Morgan fingerprint density at radius 1 is 1.00 bits per heavy atom. The minimum atomic E-state index is -0.0818. The molecule has 38 heavy (non-hydrogen) atoms. The van der Waals surface area contributed by atoms with Crippen molar-refractivity contribution in [3.05, 3.63) is 54.0 Å². The van der Waals surface area contributed by atoms with Gasteiger partial charge in [-0.25, -0.2) is 14.6 Å². The van der Waals surface area contributed by atoms with Crippen LogP contribution in [0, 0.1) is 6.92 Å². The number of imidazole rings is 1. The van der Waals surface area contributed by atoms with E-state index < -0.39 is 0 Å². The number of H-pyrrole nitrogens is 1. The lowest BCUT2D eigenvalue weighted by atomic mass is 10.1. The number of nitrogens with one attached hydrogen (secondary N) is 1. The highest BCUT2D eigenvalue weighted by atomic mass is 16.5. The van der Waals surface area contributed by atoms with Gasteiger partial charge in [0.05, 0.1) is 24.6 Å². The quantitative estimate of drug-likeness (QED) is 0.437. The van der Waals surface area contributed by atoms with Crippen molar-refractivity contribution in [2.75, 3.05) is 57.4 Å². The van der Waals surface area contributed by atoms with E-state index in [-0.39, 0.29) is 5.91 Å². The molecule has 1 amide bonds. The number of rotatable bonds is 5. The maximum atomic E-state index is 13.4. The van der Waals surface area contributed by atoms with Crippen molar-refractivity contribution in [1.29, 1.82) is 0 Å². The van der Waals surface area contributed by atoms with E-state index in [1.807, 2.05) is 29.3 Å². The summed E-state index contributed by atoms with van der Waals surface area (Å²) in [6.07, 6.45) is 1.92. The Hall–Kier alpha value is -3.76. The van der Waals surface area contributed by atoms with Gasteiger partial charge in [-0.1, -0.05) is 23.8 Å². The number of carbonyl (C=O) groups is 1. The van der Waals surface area contributed by atoms with Crippen LogP contribution < -0.4 is 4.90 Å². The molecule has 2 saturated heterocycles. The van der Waals surface area contributed by atoms with Crippen LogP contribution in [-0.4, -0.2) is 99.0 Å². The molecule has 5 heterocycles. The number of hydrogen-bond donors (Lipinski definition) is 1. The first-order chi connectivity index (χ1) is 18.5. The standard InChI is InChI=1S/C28H34N8O2/c1-19(2)33-9-11-35(12-10-33)28(37)27-30-25-23(34-13-15-38-16-14-34)18-24(29-26(25)31-27)36-8-7-22(32-36)21-6-4-5-20(3)17-21/h4-8,17-19H,9-16H2,1-3H3,(H,29,30,31). The summed E-state index contributed by atoms with van der Waals surface area (Å²) in [4.78, 5) is 32.8. The minimum absolute atomic E-state index is 0.0818. The van der Waals surface area contributed by atoms with Crippen molar-refractivity contribution < 1.29 is 9.53 Å². The molecule has 0 aliphatic carbocycles. The molecule has 0 radical (unpaired) electrons. The molecule has 1 aromatic carbocycles. The number of nitrogens with zero attached hydrogens (tertiary/aromatic N) is 7. The number of amides is 1. The second-order valence-electron chi connectivity index (χ2n) is 10.3. The molecule has 10 nitrogen and oxygen atoms in total. The number of ether oxygens (including phenoxy) is 1. The number of fused-ring (bicyclic) bond motifs is 1. The third-order valence-electron chi connectivity index (χ3n) is 7.45. The van der Waals surface area contributed by atoms with Crippen molar-refractivity contribution in [2.24, 2.45) is 0 Å². The summed E-state index contributed by atoms with van der Waals surface area (Å²) in [6.45, 7) is 12.4. The zero-order chi connectivity index (χ0) is 26.2. The third kappa shape index (κ3) is 4.77. The first-order valence-corrected chi connectivity index (χ1v) is 13.4. The van der Waals surface area contributed by atoms with E-state index in [1.54, 1.807) is 4.68 Å². The summed E-state index contributed by atoms with van der Waals surface area (Å²) in [5.41, 5.74) is 5.36. The lowest BCUT2D eigenvalue weighted by molar-refractivity contribution is 0.0585. The fraction of sp³-hybridized carbons (Fsp3) is 0.429. The number of aromatic amines is 1. The molecule has 1 N–H and O–H groups in total. The van der Waals surface area contributed by atoms with Crippen LogP contribution in [0.3, 0.4) is 0 Å². The van der Waals surface area contributed by atoms with Crippen molar-refractivity contribution in [1.82, 2.24) is 34.5 Å². The predicted molar refractivity (Wildman–Crippen MR) is 147 cm³/mol. The van der Waals surface area contributed by atoms with E-state index >= 15 is 0 Å². The van der Waals surface area contributed by atoms with Crippen LogP contribution in [0.4, 0.5) is 5.69 Å². The smallest absolute Gasteiger partial charge is 0.289 e. The molecule has 0 spiro atoms. The van der Waals surface area contributed by atoms with Crippen LogP contribution in [0.2, 0.25) is 0 Å². The lowest BCUT2D eigenvalue weighted by Crippen LogP contribution is -2.50. The molecule has 2 aliphatic rings. The second-order valence-corrected chi connectivity index (χ2v) is 10.3. The minimum Gasteiger partial charge on any atom is -0.378 e. The molecule has 198 valence electrons. The van der Waals surface area contributed by atoms with Gasteiger partial charge in [0.1, 0.15) is 5.52 Å². The van der Waals surface area contributed by atoms with Gasteiger partial charge in [-0.05, 0) is 32.9 Å². The zero-order valence-electron chi connectivity index (χ0n) is 22.2. The fourth-order valence-corrected chi connectivity index (χ4v) is 5.23. The average Bonchev–Trinajstić information content (AvgIpc) is 3.61. The van der Waals surface area contributed by atoms with Crippen molar-refractivity contribution in [3.63, 3.8) is 0 Å². The molecule has 3 aromatic heterocycles. The SMILES string of the molecule is Cc1cccc(-c2ccn(-c3cc(N4CCOCC4)c4[nH]c(C(=O)N5CCN(C(C)C)CC5)nc4n3)n2)c1. The maximum absolute atomic E-state index is 13.4. The average molecular weight is 515 g/mol. The summed E-state index contributed by atoms with van der Waals surface area (Å²) in [7, 11) is 0. The van der Waals surface area contributed by atoms with E-state index in [0.29, 0.717) is 49.6 Å². The topological polar surface area (TPSA) is 95.4 Å². The van der Waals surface area contributed by atoms with Gasteiger partial charge in [0, 0.05) is 63.1 Å². The second kappa shape index (κ2) is 10.2. The number of pyridine rings is 1. The van der Waals surface area contributed by atoms with E-state index in [0.717, 1.165) is 48.6 Å². The Labute approximate surface area is 222 Å². The zero-order valence-corrected chi connectivity index (χ0v) is 22.2. The molecule has 10 heteroatoms. The Kier molecular flexibility index (Phi) is 6.59. The number of piperazine rings is 1. The Morgan fingerprint density at radius 2 is 1.79 bits per heavy atom. The Morgan fingerprint density at radius 3 is 2.53 bits per heavy atom. The summed E-state index contributed by atoms with van der Waals surface area (Å²) in [6, 6.07) is 12.8. The van der Waals surface area contributed by atoms with Crippen LogP contribution >= 0.6 is 0 Å². The first-order valence-electron chi connectivity index (χ1n) is 13.4. The summed E-state index contributed by atoms with van der Waals surface area (Å²) in [5, 5.41) is 4.81. The van der Waals surface area contributed by atoms with Gasteiger partial charge in [0.25, 0.3) is 5.91 Å². The van der Waals surface area contributed by atoms with Crippen LogP contribution in [0.1, 0.15) is 30.0 Å². The maximum Gasteiger partial charge on any atom is 0.289 e. The fourth-order valence-electron chi connectivity index (χ4n) is 5.23. The highest BCUT2D eigenvalue weighted by molar-refractivity contribution is 5.96. The van der Waals surface area contributed by atoms with Crippen molar-refractivity contribution >= 4 is 22.8 Å². The van der Waals surface area contributed by atoms with Crippen LogP contribution in [0.15, 0.2) is 42.6 Å². The van der Waals surface area contributed by atoms with Gasteiger partial charge in [0.15, 0.2) is 17.3 Å². The van der Waals surface area contributed by atoms with Gasteiger partial charge in [-0.15, -0.1) is 0 Å².